The highest BCUT2D eigenvalue weighted by Gasteiger charge is 2.16. The van der Waals surface area contributed by atoms with E-state index in [1.165, 1.54) is 11.3 Å². The Kier molecular flexibility index (Phi) is 5.65. The molecule has 1 heterocycles. The third-order valence-electron chi connectivity index (χ3n) is 3.11. The van der Waals surface area contributed by atoms with E-state index >= 15 is 0 Å². The van der Waals surface area contributed by atoms with Crippen molar-refractivity contribution in [3.8, 4) is 0 Å². The van der Waals surface area contributed by atoms with Gasteiger partial charge in [-0.1, -0.05) is 27.2 Å². The van der Waals surface area contributed by atoms with E-state index in [4.69, 9.17) is 0 Å². The highest BCUT2D eigenvalue weighted by molar-refractivity contribution is 7.12. The van der Waals surface area contributed by atoms with Crippen LogP contribution in [-0.2, 0) is 6.42 Å². The van der Waals surface area contributed by atoms with Gasteiger partial charge in [-0.15, -0.1) is 11.3 Å². The number of carbonyl (C=O) groups is 1. The topological polar surface area (TPSA) is 49.3 Å². The minimum absolute atomic E-state index is 0.0702. The molecule has 0 saturated carbocycles. The molecule has 2 unspecified atom stereocenters. The van der Waals surface area contributed by atoms with Gasteiger partial charge < -0.3 is 10.4 Å². The summed E-state index contributed by atoms with van der Waals surface area (Å²) in [5.41, 5.74) is 1.07. The van der Waals surface area contributed by atoms with Gasteiger partial charge in [0.1, 0.15) is 0 Å². The minimum Gasteiger partial charge on any atom is -0.391 e. The van der Waals surface area contributed by atoms with Crippen LogP contribution in [0.5, 0.6) is 0 Å². The van der Waals surface area contributed by atoms with Crippen LogP contribution in [0.2, 0.25) is 0 Å². The molecule has 3 nitrogen and oxygen atoms in total. The van der Waals surface area contributed by atoms with Crippen molar-refractivity contribution in [3.05, 3.63) is 21.9 Å². The molecule has 1 amide bonds. The number of hydrogen-bond donors (Lipinski definition) is 2. The molecular weight excluding hydrogens is 234 g/mol. The Hall–Kier alpha value is -0.870. The van der Waals surface area contributed by atoms with Crippen LogP contribution in [0.25, 0.3) is 0 Å². The van der Waals surface area contributed by atoms with E-state index in [9.17, 15) is 9.90 Å². The zero-order chi connectivity index (χ0) is 12.8. The largest absolute Gasteiger partial charge is 0.391 e. The molecular formula is C13H21NO2S. The van der Waals surface area contributed by atoms with Crippen LogP contribution in [0.15, 0.2) is 11.4 Å². The van der Waals surface area contributed by atoms with Gasteiger partial charge in [-0.05, 0) is 29.3 Å². The van der Waals surface area contributed by atoms with Crippen molar-refractivity contribution in [1.82, 2.24) is 5.32 Å². The van der Waals surface area contributed by atoms with Crippen LogP contribution in [0.1, 0.15) is 42.4 Å². The number of thiophene rings is 1. The third kappa shape index (κ3) is 3.82. The predicted molar refractivity (Wildman–Crippen MR) is 71.5 cm³/mol. The van der Waals surface area contributed by atoms with Crippen molar-refractivity contribution in [2.24, 2.45) is 5.92 Å². The molecule has 0 fully saturated rings. The molecule has 0 aromatic carbocycles. The van der Waals surface area contributed by atoms with Crippen LogP contribution in [0.3, 0.4) is 0 Å². The molecule has 0 aliphatic carbocycles. The Bertz CT molecular complexity index is 362. The normalized spacial score (nSPS) is 14.4. The van der Waals surface area contributed by atoms with Gasteiger partial charge in [0, 0.05) is 6.54 Å². The first kappa shape index (κ1) is 14.2. The van der Waals surface area contributed by atoms with Crippen molar-refractivity contribution in [3.63, 3.8) is 0 Å². The smallest absolute Gasteiger partial charge is 0.261 e. The van der Waals surface area contributed by atoms with Gasteiger partial charge in [0.15, 0.2) is 0 Å². The lowest BCUT2D eigenvalue weighted by Gasteiger charge is -2.17. The third-order valence-corrected chi connectivity index (χ3v) is 4.06. The molecule has 0 aliphatic rings. The molecule has 0 bridgehead atoms. The Balaban J connectivity index is 2.50. The second kappa shape index (κ2) is 6.77. The Morgan fingerprint density at radius 3 is 2.82 bits per heavy atom. The quantitative estimate of drug-likeness (QED) is 0.820. The summed E-state index contributed by atoms with van der Waals surface area (Å²) in [6, 6.07) is 1.98. The summed E-state index contributed by atoms with van der Waals surface area (Å²) in [7, 11) is 0. The summed E-state index contributed by atoms with van der Waals surface area (Å²) in [5.74, 6) is 0.142. The summed E-state index contributed by atoms with van der Waals surface area (Å²) in [6.07, 6.45) is 1.31. The number of aliphatic hydroxyl groups excluding tert-OH is 1. The van der Waals surface area contributed by atoms with Crippen molar-refractivity contribution >= 4 is 17.2 Å². The van der Waals surface area contributed by atoms with E-state index in [-0.39, 0.29) is 11.8 Å². The van der Waals surface area contributed by atoms with E-state index in [0.29, 0.717) is 6.54 Å². The Labute approximate surface area is 107 Å². The number of nitrogens with one attached hydrogen (secondary N) is 1. The van der Waals surface area contributed by atoms with Crippen molar-refractivity contribution < 1.29 is 9.90 Å². The Morgan fingerprint density at radius 1 is 1.53 bits per heavy atom. The lowest BCUT2D eigenvalue weighted by Crippen LogP contribution is -2.35. The van der Waals surface area contributed by atoms with Crippen LogP contribution in [-0.4, -0.2) is 23.7 Å². The summed E-state index contributed by atoms with van der Waals surface area (Å²) in [5, 5.41) is 14.5. The Morgan fingerprint density at radius 2 is 2.24 bits per heavy atom. The lowest BCUT2D eigenvalue weighted by molar-refractivity contribution is 0.0853. The number of amides is 1. The van der Waals surface area contributed by atoms with Gasteiger partial charge >= 0.3 is 0 Å². The first-order chi connectivity index (χ1) is 8.10. The minimum atomic E-state index is -0.464. The molecule has 1 aromatic rings. The van der Waals surface area contributed by atoms with E-state index < -0.39 is 6.10 Å². The van der Waals surface area contributed by atoms with E-state index in [1.54, 1.807) is 0 Å². The molecule has 0 saturated heterocycles. The maximum Gasteiger partial charge on any atom is 0.261 e. The molecule has 17 heavy (non-hydrogen) atoms. The van der Waals surface area contributed by atoms with E-state index in [2.05, 4.69) is 5.32 Å². The van der Waals surface area contributed by atoms with Gasteiger partial charge in [-0.25, -0.2) is 0 Å². The average molecular weight is 255 g/mol. The maximum atomic E-state index is 11.9. The SMILES string of the molecule is CCc1ccsc1C(=O)NCC(O)C(C)CC. The number of hydrogen-bond acceptors (Lipinski definition) is 3. The standard InChI is InChI=1S/C13H21NO2S/c1-4-9(3)11(15)8-14-13(16)12-10(5-2)6-7-17-12/h6-7,9,11,15H,4-5,8H2,1-3H3,(H,14,16). The summed E-state index contributed by atoms with van der Waals surface area (Å²) >= 11 is 1.45. The molecule has 2 N–H and O–H groups in total. The monoisotopic (exact) mass is 255 g/mol. The summed E-state index contributed by atoms with van der Waals surface area (Å²) < 4.78 is 0. The van der Waals surface area contributed by atoms with Crippen molar-refractivity contribution in [2.75, 3.05) is 6.54 Å². The zero-order valence-electron chi connectivity index (χ0n) is 10.7. The fourth-order valence-corrected chi connectivity index (χ4v) is 2.48. The second-order valence-electron chi connectivity index (χ2n) is 4.29. The van der Waals surface area contributed by atoms with Crippen LogP contribution in [0, 0.1) is 5.92 Å². The summed E-state index contributed by atoms with van der Waals surface area (Å²) in [6.45, 7) is 6.38. The maximum absolute atomic E-state index is 11.9. The number of aryl methyl sites for hydroxylation is 1. The van der Waals surface area contributed by atoms with Gasteiger partial charge in [0.2, 0.25) is 0 Å². The number of carbonyl (C=O) groups excluding carboxylic acids is 1. The molecule has 2 atom stereocenters. The van der Waals surface area contributed by atoms with Gasteiger partial charge in [0.05, 0.1) is 11.0 Å². The fraction of sp³-hybridized carbons (Fsp3) is 0.615. The van der Waals surface area contributed by atoms with Gasteiger partial charge in [-0.3, -0.25) is 4.79 Å². The molecule has 0 aliphatic heterocycles. The number of rotatable bonds is 6. The first-order valence-electron chi connectivity index (χ1n) is 6.12. The van der Waals surface area contributed by atoms with Crippen molar-refractivity contribution in [2.45, 2.75) is 39.7 Å². The van der Waals surface area contributed by atoms with Crippen LogP contribution in [0.4, 0.5) is 0 Å². The van der Waals surface area contributed by atoms with Crippen LogP contribution < -0.4 is 5.32 Å². The van der Waals surface area contributed by atoms with Crippen LogP contribution >= 0.6 is 11.3 Å². The van der Waals surface area contributed by atoms with E-state index in [0.717, 1.165) is 23.3 Å². The van der Waals surface area contributed by atoms with Gasteiger partial charge in [0.25, 0.3) is 5.91 Å². The molecule has 0 spiro atoms. The summed E-state index contributed by atoms with van der Waals surface area (Å²) in [4.78, 5) is 12.7. The highest BCUT2D eigenvalue weighted by Crippen LogP contribution is 2.17. The highest BCUT2D eigenvalue weighted by atomic mass is 32.1. The fourth-order valence-electron chi connectivity index (χ4n) is 1.56. The lowest BCUT2D eigenvalue weighted by atomic mass is 10.0. The molecule has 0 radical (unpaired) electrons. The number of aliphatic hydroxyl groups is 1. The van der Waals surface area contributed by atoms with E-state index in [1.807, 2.05) is 32.2 Å². The first-order valence-corrected chi connectivity index (χ1v) is 7.00. The molecule has 4 heteroatoms. The average Bonchev–Trinajstić information content (AvgIpc) is 2.82. The molecule has 1 aromatic heterocycles. The molecule has 96 valence electrons. The second-order valence-corrected chi connectivity index (χ2v) is 5.21. The predicted octanol–water partition coefficient (Wildman–Crippen LogP) is 2.45. The van der Waals surface area contributed by atoms with Crippen molar-refractivity contribution in [1.29, 1.82) is 0 Å². The van der Waals surface area contributed by atoms with Gasteiger partial charge in [-0.2, -0.15) is 0 Å². The molecule has 1 rings (SSSR count). The zero-order valence-corrected chi connectivity index (χ0v) is 11.5.